The van der Waals surface area contributed by atoms with Crippen LogP contribution in [0, 0.1) is 0 Å². The van der Waals surface area contributed by atoms with Crippen molar-refractivity contribution < 1.29 is 9.21 Å². The molecule has 0 unspecified atom stereocenters. The molecule has 0 bridgehead atoms. The first-order valence-corrected chi connectivity index (χ1v) is 7.85. The first kappa shape index (κ1) is 13.0. The third-order valence-electron chi connectivity index (χ3n) is 3.10. The summed E-state index contributed by atoms with van der Waals surface area (Å²) < 4.78 is 5.66. The summed E-state index contributed by atoms with van der Waals surface area (Å²) in [4.78, 5) is 14.3. The van der Waals surface area contributed by atoms with Crippen LogP contribution >= 0.6 is 27.7 Å². The molecule has 2 heterocycles. The van der Waals surface area contributed by atoms with Gasteiger partial charge in [-0.05, 0) is 41.1 Å². The van der Waals surface area contributed by atoms with Crippen molar-refractivity contribution in [1.82, 2.24) is 4.90 Å². The largest absolute Gasteiger partial charge is 0.457 e. The monoisotopic (exact) mass is 317 g/mol. The Hall–Kier alpha value is -0.420. The first-order valence-electron chi connectivity index (χ1n) is 5.77. The number of amides is 1. The minimum atomic E-state index is 0.0755. The van der Waals surface area contributed by atoms with Crippen LogP contribution in [0.4, 0.5) is 0 Å². The topological polar surface area (TPSA) is 33.5 Å². The smallest absolute Gasteiger partial charge is 0.258 e. The molecule has 0 aromatic carbocycles. The van der Waals surface area contributed by atoms with E-state index in [1.165, 1.54) is 12.8 Å². The van der Waals surface area contributed by atoms with Gasteiger partial charge in [0.2, 0.25) is 0 Å². The molecule has 0 saturated carbocycles. The number of halogens is 1. The molecule has 1 aliphatic heterocycles. The van der Waals surface area contributed by atoms with Crippen molar-refractivity contribution in [2.75, 3.05) is 19.3 Å². The number of nitrogens with zero attached hydrogens (tertiary/aromatic N) is 1. The fourth-order valence-electron chi connectivity index (χ4n) is 2.10. The summed E-state index contributed by atoms with van der Waals surface area (Å²) in [6, 6.07) is 1.73. The van der Waals surface area contributed by atoms with Crippen LogP contribution in [-0.4, -0.2) is 35.4 Å². The summed E-state index contributed by atoms with van der Waals surface area (Å²) in [5, 5.41) is 0.562. The van der Waals surface area contributed by atoms with E-state index in [2.05, 4.69) is 22.2 Å². The van der Waals surface area contributed by atoms with Gasteiger partial charge in [-0.25, -0.2) is 0 Å². The minimum absolute atomic E-state index is 0.0755. The molecule has 1 saturated heterocycles. The average molecular weight is 318 g/mol. The summed E-state index contributed by atoms with van der Waals surface area (Å²) in [5.41, 5.74) is 0.631. The van der Waals surface area contributed by atoms with Crippen molar-refractivity contribution in [2.24, 2.45) is 0 Å². The Balaban J connectivity index is 2.10. The van der Waals surface area contributed by atoms with Crippen LogP contribution in [0.15, 0.2) is 21.4 Å². The van der Waals surface area contributed by atoms with Crippen LogP contribution in [0.5, 0.6) is 0 Å². The number of hydrogen-bond donors (Lipinski definition) is 0. The molecule has 94 valence electrons. The third-order valence-corrected chi connectivity index (χ3v) is 4.76. The number of likely N-dealkylation sites (tertiary alicyclic amines) is 1. The van der Waals surface area contributed by atoms with Crippen molar-refractivity contribution in [2.45, 2.75) is 24.5 Å². The highest BCUT2D eigenvalue weighted by molar-refractivity contribution is 9.10. The molecule has 1 aromatic heterocycles. The molecule has 3 nitrogen and oxygen atoms in total. The summed E-state index contributed by atoms with van der Waals surface area (Å²) >= 11 is 5.12. The van der Waals surface area contributed by atoms with E-state index in [1.54, 1.807) is 12.3 Å². The van der Waals surface area contributed by atoms with Gasteiger partial charge in [-0.15, -0.1) is 0 Å². The molecule has 17 heavy (non-hydrogen) atoms. The van der Waals surface area contributed by atoms with Crippen LogP contribution in [0.2, 0.25) is 0 Å². The number of carbonyl (C=O) groups is 1. The fraction of sp³-hybridized carbons (Fsp3) is 0.583. The minimum Gasteiger partial charge on any atom is -0.457 e. The maximum Gasteiger partial charge on any atom is 0.258 e. The lowest BCUT2D eigenvalue weighted by Crippen LogP contribution is -2.35. The SMILES string of the molecule is CS[C@H]1CCCCN(C(=O)c2ccoc2Br)C1. The van der Waals surface area contributed by atoms with Crippen molar-refractivity contribution >= 4 is 33.6 Å². The fourth-order valence-corrected chi connectivity index (χ4v) is 3.24. The lowest BCUT2D eigenvalue weighted by molar-refractivity contribution is 0.0761. The number of hydrogen-bond acceptors (Lipinski definition) is 3. The Bertz CT molecular complexity index is 394. The predicted molar refractivity (Wildman–Crippen MR) is 73.5 cm³/mol. The second kappa shape index (κ2) is 5.96. The zero-order valence-electron chi connectivity index (χ0n) is 9.82. The van der Waals surface area contributed by atoms with E-state index in [0.717, 1.165) is 19.5 Å². The second-order valence-electron chi connectivity index (χ2n) is 4.21. The lowest BCUT2D eigenvalue weighted by Gasteiger charge is -2.23. The van der Waals surface area contributed by atoms with Gasteiger partial charge in [0.05, 0.1) is 11.8 Å². The van der Waals surface area contributed by atoms with Crippen LogP contribution in [0.3, 0.4) is 0 Å². The van der Waals surface area contributed by atoms with E-state index in [1.807, 2.05) is 16.7 Å². The number of rotatable bonds is 2. The van der Waals surface area contributed by atoms with Crippen molar-refractivity contribution in [3.05, 3.63) is 22.6 Å². The van der Waals surface area contributed by atoms with Crippen LogP contribution in [0.25, 0.3) is 0 Å². The molecule has 5 heteroatoms. The van der Waals surface area contributed by atoms with Gasteiger partial charge in [0.25, 0.3) is 5.91 Å². The quantitative estimate of drug-likeness (QED) is 0.838. The molecular weight excluding hydrogens is 302 g/mol. The molecule has 1 aliphatic rings. The van der Waals surface area contributed by atoms with Crippen LogP contribution in [-0.2, 0) is 0 Å². The normalized spacial score (nSPS) is 21.3. The number of thioether (sulfide) groups is 1. The average Bonchev–Trinajstić information content (AvgIpc) is 2.63. The van der Waals surface area contributed by atoms with Crippen LogP contribution in [0.1, 0.15) is 29.6 Å². The van der Waals surface area contributed by atoms with E-state index >= 15 is 0 Å². The number of furan rings is 1. The van der Waals surface area contributed by atoms with E-state index in [-0.39, 0.29) is 5.91 Å². The summed E-state index contributed by atoms with van der Waals surface area (Å²) in [6.45, 7) is 1.70. The molecule has 0 radical (unpaired) electrons. The zero-order valence-corrected chi connectivity index (χ0v) is 12.2. The van der Waals surface area contributed by atoms with Gasteiger partial charge < -0.3 is 9.32 Å². The summed E-state index contributed by atoms with van der Waals surface area (Å²) in [6.07, 6.45) is 7.17. The molecular formula is C12H16BrNO2S. The maximum atomic E-state index is 12.3. The highest BCUT2D eigenvalue weighted by atomic mass is 79.9. The molecule has 1 amide bonds. The van der Waals surface area contributed by atoms with Crippen molar-refractivity contribution in [1.29, 1.82) is 0 Å². The van der Waals surface area contributed by atoms with Gasteiger partial charge in [0, 0.05) is 18.3 Å². The first-order chi connectivity index (χ1) is 8.22. The molecule has 0 spiro atoms. The lowest BCUT2D eigenvalue weighted by atomic mass is 10.2. The second-order valence-corrected chi connectivity index (χ2v) is 6.07. The molecule has 0 aliphatic carbocycles. The molecule has 1 aromatic rings. The van der Waals surface area contributed by atoms with E-state index in [9.17, 15) is 4.79 Å². The molecule has 2 rings (SSSR count). The third kappa shape index (κ3) is 3.07. The van der Waals surface area contributed by atoms with Gasteiger partial charge in [-0.3, -0.25) is 4.79 Å². The number of carbonyl (C=O) groups excluding carboxylic acids is 1. The molecule has 1 atom stereocenters. The van der Waals surface area contributed by atoms with Gasteiger partial charge >= 0.3 is 0 Å². The standard InChI is InChI=1S/C12H16BrNO2S/c1-17-9-4-2-3-6-14(8-9)12(15)10-5-7-16-11(10)13/h5,7,9H,2-4,6,8H2,1H3/t9-/m0/s1. The Labute approximate surface area is 114 Å². The van der Waals surface area contributed by atoms with Crippen molar-refractivity contribution in [3.8, 4) is 0 Å². The Morgan fingerprint density at radius 2 is 2.41 bits per heavy atom. The van der Waals surface area contributed by atoms with Gasteiger partial charge in [0.1, 0.15) is 0 Å². The van der Waals surface area contributed by atoms with E-state index in [0.29, 0.717) is 15.5 Å². The highest BCUT2D eigenvalue weighted by Crippen LogP contribution is 2.24. The van der Waals surface area contributed by atoms with Crippen molar-refractivity contribution in [3.63, 3.8) is 0 Å². The van der Waals surface area contributed by atoms with Gasteiger partial charge in [-0.2, -0.15) is 11.8 Å². The molecule has 0 N–H and O–H groups in total. The van der Waals surface area contributed by atoms with E-state index < -0.39 is 0 Å². The zero-order chi connectivity index (χ0) is 12.3. The molecule has 1 fully saturated rings. The van der Waals surface area contributed by atoms with Crippen LogP contribution < -0.4 is 0 Å². The van der Waals surface area contributed by atoms with Gasteiger partial charge in [-0.1, -0.05) is 6.42 Å². The predicted octanol–water partition coefficient (Wildman–Crippen LogP) is 3.40. The van der Waals surface area contributed by atoms with Gasteiger partial charge in [0.15, 0.2) is 4.67 Å². The maximum absolute atomic E-state index is 12.3. The highest BCUT2D eigenvalue weighted by Gasteiger charge is 2.24. The Morgan fingerprint density at radius 1 is 1.59 bits per heavy atom. The Morgan fingerprint density at radius 3 is 3.06 bits per heavy atom. The summed E-state index contributed by atoms with van der Waals surface area (Å²) in [5.74, 6) is 0.0755. The Kier molecular flexibility index (Phi) is 4.56. The van der Waals surface area contributed by atoms with E-state index in [4.69, 9.17) is 4.42 Å². The summed E-state index contributed by atoms with van der Waals surface area (Å²) in [7, 11) is 0.